The third kappa shape index (κ3) is 2.53. The Morgan fingerprint density at radius 2 is 2.14 bits per heavy atom. The van der Waals surface area contributed by atoms with Crippen molar-refractivity contribution in [2.45, 2.75) is 6.42 Å². The van der Waals surface area contributed by atoms with E-state index in [0.717, 1.165) is 5.56 Å². The van der Waals surface area contributed by atoms with E-state index in [1.54, 1.807) is 19.2 Å². The Morgan fingerprint density at radius 3 is 2.71 bits per heavy atom. The van der Waals surface area contributed by atoms with E-state index in [1.165, 1.54) is 0 Å². The standard InChI is InChI=1S/C10H10O3S/c1-13-8-5-3-2-4-7(8)6-9(14)10(11)12/h2-5H,6H2,1H3,(H,11,12). The fourth-order valence-electron chi connectivity index (χ4n) is 1.10. The van der Waals surface area contributed by atoms with Crippen molar-refractivity contribution in [2.75, 3.05) is 7.11 Å². The highest BCUT2D eigenvalue weighted by Gasteiger charge is 2.10. The quantitative estimate of drug-likeness (QED) is 0.768. The molecule has 0 aliphatic rings. The number of ether oxygens (including phenoxy) is 1. The van der Waals surface area contributed by atoms with Gasteiger partial charge in [0.15, 0.2) is 0 Å². The van der Waals surface area contributed by atoms with Gasteiger partial charge in [0.1, 0.15) is 10.6 Å². The molecule has 0 saturated heterocycles. The van der Waals surface area contributed by atoms with Gasteiger partial charge in [0, 0.05) is 6.42 Å². The van der Waals surface area contributed by atoms with Crippen molar-refractivity contribution in [1.29, 1.82) is 0 Å². The molecule has 0 aliphatic carbocycles. The molecule has 1 rings (SSSR count). The number of rotatable bonds is 4. The van der Waals surface area contributed by atoms with Crippen molar-refractivity contribution in [1.82, 2.24) is 0 Å². The van der Waals surface area contributed by atoms with Crippen LogP contribution in [0.3, 0.4) is 0 Å². The molecular weight excluding hydrogens is 200 g/mol. The molecule has 1 aromatic carbocycles. The topological polar surface area (TPSA) is 46.5 Å². The highest BCUT2D eigenvalue weighted by atomic mass is 32.1. The molecule has 0 saturated carbocycles. The maximum absolute atomic E-state index is 10.5. The van der Waals surface area contributed by atoms with E-state index < -0.39 is 5.97 Å². The van der Waals surface area contributed by atoms with Crippen molar-refractivity contribution in [3.05, 3.63) is 29.8 Å². The summed E-state index contributed by atoms with van der Waals surface area (Å²) in [5.74, 6) is -0.387. The van der Waals surface area contributed by atoms with Crippen LogP contribution in [0.4, 0.5) is 0 Å². The van der Waals surface area contributed by atoms with Gasteiger partial charge < -0.3 is 9.84 Å². The molecule has 1 aromatic rings. The number of methoxy groups -OCH3 is 1. The smallest absolute Gasteiger partial charge is 0.342 e. The van der Waals surface area contributed by atoms with Crippen LogP contribution in [0.1, 0.15) is 5.56 Å². The van der Waals surface area contributed by atoms with Crippen molar-refractivity contribution >= 4 is 23.1 Å². The summed E-state index contributed by atoms with van der Waals surface area (Å²) in [5.41, 5.74) is 0.794. The third-order valence-electron chi connectivity index (χ3n) is 1.78. The van der Waals surface area contributed by atoms with Crippen LogP contribution in [0.15, 0.2) is 24.3 Å². The van der Waals surface area contributed by atoms with E-state index in [4.69, 9.17) is 22.1 Å². The molecule has 3 nitrogen and oxygen atoms in total. The summed E-state index contributed by atoms with van der Waals surface area (Å²) in [6.07, 6.45) is 0.231. The summed E-state index contributed by atoms with van der Waals surface area (Å²) in [7, 11) is 1.54. The van der Waals surface area contributed by atoms with Gasteiger partial charge in [0.05, 0.1) is 7.11 Å². The van der Waals surface area contributed by atoms with E-state index in [2.05, 4.69) is 0 Å². The maximum atomic E-state index is 10.5. The Hall–Kier alpha value is -1.42. The third-order valence-corrected chi connectivity index (χ3v) is 2.10. The fraction of sp³-hybridized carbons (Fsp3) is 0.200. The van der Waals surface area contributed by atoms with Gasteiger partial charge in [-0.3, -0.25) is 0 Å². The minimum Gasteiger partial charge on any atom is -0.496 e. The van der Waals surface area contributed by atoms with E-state index in [-0.39, 0.29) is 11.3 Å². The van der Waals surface area contributed by atoms with Crippen LogP contribution < -0.4 is 4.74 Å². The number of hydrogen-bond acceptors (Lipinski definition) is 3. The van der Waals surface area contributed by atoms with Crippen molar-refractivity contribution in [2.24, 2.45) is 0 Å². The van der Waals surface area contributed by atoms with Gasteiger partial charge in [-0.2, -0.15) is 0 Å². The molecule has 0 amide bonds. The number of para-hydroxylation sites is 1. The Balaban J connectivity index is 2.85. The molecule has 0 spiro atoms. The molecule has 0 radical (unpaired) electrons. The lowest BCUT2D eigenvalue weighted by molar-refractivity contribution is -0.129. The van der Waals surface area contributed by atoms with Crippen LogP contribution in [-0.2, 0) is 11.2 Å². The van der Waals surface area contributed by atoms with Gasteiger partial charge in [0.25, 0.3) is 0 Å². The Bertz CT molecular complexity index is 360. The lowest BCUT2D eigenvalue weighted by atomic mass is 10.1. The highest BCUT2D eigenvalue weighted by molar-refractivity contribution is 7.82. The molecule has 0 unspecified atom stereocenters. The van der Waals surface area contributed by atoms with Gasteiger partial charge in [-0.05, 0) is 11.6 Å². The first kappa shape index (κ1) is 10.7. The summed E-state index contributed by atoms with van der Waals surface area (Å²) in [5, 5.41) is 8.62. The second kappa shape index (κ2) is 4.72. The Labute approximate surface area is 87.3 Å². The average molecular weight is 210 g/mol. The normalized spacial score (nSPS) is 9.50. The molecule has 74 valence electrons. The summed E-state index contributed by atoms with van der Waals surface area (Å²) in [4.78, 5) is 10.5. The molecule has 0 bridgehead atoms. The summed E-state index contributed by atoms with van der Waals surface area (Å²) in [6.45, 7) is 0. The first-order valence-electron chi connectivity index (χ1n) is 4.03. The van der Waals surface area contributed by atoms with Gasteiger partial charge in [-0.25, -0.2) is 4.79 Å². The molecule has 0 heterocycles. The maximum Gasteiger partial charge on any atom is 0.342 e. The highest BCUT2D eigenvalue weighted by Crippen LogP contribution is 2.18. The molecule has 0 fully saturated rings. The van der Waals surface area contributed by atoms with Crippen LogP contribution in [-0.4, -0.2) is 23.1 Å². The molecule has 0 atom stereocenters. The number of aliphatic carboxylic acids is 1. The van der Waals surface area contributed by atoms with Gasteiger partial charge in [-0.1, -0.05) is 30.4 Å². The Morgan fingerprint density at radius 1 is 1.50 bits per heavy atom. The molecular formula is C10H10O3S. The molecule has 0 aromatic heterocycles. The zero-order chi connectivity index (χ0) is 10.6. The first-order valence-corrected chi connectivity index (χ1v) is 4.44. The monoisotopic (exact) mass is 210 g/mol. The number of benzene rings is 1. The molecule has 1 N–H and O–H groups in total. The fourth-order valence-corrected chi connectivity index (χ4v) is 1.25. The zero-order valence-corrected chi connectivity index (χ0v) is 8.50. The van der Waals surface area contributed by atoms with Crippen LogP contribution in [0, 0.1) is 0 Å². The van der Waals surface area contributed by atoms with Gasteiger partial charge >= 0.3 is 5.97 Å². The van der Waals surface area contributed by atoms with E-state index >= 15 is 0 Å². The number of hydrogen-bond donors (Lipinski definition) is 1. The van der Waals surface area contributed by atoms with Crippen LogP contribution in [0.25, 0.3) is 0 Å². The van der Waals surface area contributed by atoms with Crippen molar-refractivity contribution in [3.63, 3.8) is 0 Å². The lowest BCUT2D eigenvalue weighted by Gasteiger charge is -2.06. The van der Waals surface area contributed by atoms with Gasteiger partial charge in [-0.15, -0.1) is 0 Å². The average Bonchev–Trinajstić information content (AvgIpc) is 2.18. The minimum absolute atomic E-state index is 0.00509. The zero-order valence-electron chi connectivity index (χ0n) is 7.69. The molecule has 4 heteroatoms. The number of carbonyl (C=O) groups is 1. The SMILES string of the molecule is COc1ccccc1CC(=S)C(=O)O. The van der Waals surface area contributed by atoms with Crippen LogP contribution in [0.5, 0.6) is 5.75 Å². The number of thiocarbonyl (C=S) groups is 1. The second-order valence-corrected chi connectivity index (χ2v) is 3.21. The summed E-state index contributed by atoms with van der Waals surface area (Å²) >= 11 is 4.71. The lowest BCUT2D eigenvalue weighted by Crippen LogP contribution is -2.13. The summed E-state index contributed by atoms with van der Waals surface area (Å²) < 4.78 is 5.07. The van der Waals surface area contributed by atoms with E-state index in [1.807, 2.05) is 12.1 Å². The number of carboxylic acids is 1. The van der Waals surface area contributed by atoms with Crippen LogP contribution >= 0.6 is 12.2 Å². The second-order valence-electron chi connectivity index (χ2n) is 2.72. The van der Waals surface area contributed by atoms with Crippen molar-refractivity contribution in [3.8, 4) is 5.75 Å². The van der Waals surface area contributed by atoms with Crippen LogP contribution in [0.2, 0.25) is 0 Å². The van der Waals surface area contributed by atoms with Crippen molar-refractivity contribution < 1.29 is 14.6 Å². The van der Waals surface area contributed by atoms with E-state index in [0.29, 0.717) is 5.75 Å². The Kier molecular flexibility index (Phi) is 3.59. The van der Waals surface area contributed by atoms with E-state index in [9.17, 15) is 4.79 Å². The number of carboxylic acid groups (broad SMARTS) is 1. The minimum atomic E-state index is -1.05. The molecule has 0 aliphatic heterocycles. The predicted octanol–water partition coefficient (Wildman–Crippen LogP) is 1.69. The largest absolute Gasteiger partial charge is 0.496 e. The summed E-state index contributed by atoms with van der Waals surface area (Å²) in [6, 6.07) is 7.22. The predicted molar refractivity (Wildman–Crippen MR) is 56.9 cm³/mol. The van der Waals surface area contributed by atoms with Gasteiger partial charge in [0.2, 0.25) is 0 Å². The molecule has 14 heavy (non-hydrogen) atoms. The first-order chi connectivity index (χ1) is 6.65.